The summed E-state index contributed by atoms with van der Waals surface area (Å²) in [6.45, 7) is 0. The predicted molar refractivity (Wildman–Crippen MR) is 73.0 cm³/mol. The molecule has 0 atom stereocenters. The van der Waals surface area contributed by atoms with Crippen LogP contribution in [-0.2, 0) is 10.0 Å². The van der Waals surface area contributed by atoms with Crippen LogP contribution in [0, 0.1) is 17.5 Å². The maximum Gasteiger partial charge on any atom is 0.263 e. The molecule has 112 valence electrons. The van der Waals surface area contributed by atoms with Gasteiger partial charge in [-0.25, -0.2) is 21.6 Å². The van der Waals surface area contributed by atoms with Gasteiger partial charge >= 0.3 is 0 Å². The standard InChI is InChI=1S/C12H8ClF3N2O2S/c13-8-5-7(17)1-2-11(8)21(19,20)18-12-9(15)3-6(14)4-10(12)16/h1-5,18H,17H2. The van der Waals surface area contributed by atoms with Gasteiger partial charge in [0.05, 0.1) is 5.02 Å². The molecule has 0 aliphatic rings. The molecule has 3 N–H and O–H groups in total. The summed E-state index contributed by atoms with van der Waals surface area (Å²) in [5.41, 5.74) is 4.65. The molecule has 4 nitrogen and oxygen atoms in total. The molecule has 21 heavy (non-hydrogen) atoms. The lowest BCUT2D eigenvalue weighted by Gasteiger charge is -2.11. The molecule has 0 bridgehead atoms. The number of nitrogens with one attached hydrogen (secondary N) is 1. The molecule has 0 unspecified atom stereocenters. The Morgan fingerprint density at radius 2 is 1.62 bits per heavy atom. The largest absolute Gasteiger partial charge is 0.399 e. The lowest BCUT2D eigenvalue weighted by atomic mass is 10.3. The van der Waals surface area contributed by atoms with Crippen LogP contribution < -0.4 is 10.5 Å². The zero-order valence-electron chi connectivity index (χ0n) is 10.2. The van der Waals surface area contributed by atoms with E-state index in [2.05, 4.69) is 0 Å². The van der Waals surface area contributed by atoms with Crippen molar-refractivity contribution >= 4 is 33.0 Å². The average Bonchev–Trinajstić information content (AvgIpc) is 2.33. The number of halogens is 4. The van der Waals surface area contributed by atoms with Crippen LogP contribution >= 0.6 is 11.6 Å². The van der Waals surface area contributed by atoms with Gasteiger partial charge in [0.25, 0.3) is 10.0 Å². The number of nitrogens with two attached hydrogens (primary N) is 1. The van der Waals surface area contributed by atoms with Crippen molar-refractivity contribution in [3.05, 3.63) is 52.8 Å². The van der Waals surface area contributed by atoms with E-state index in [9.17, 15) is 21.6 Å². The summed E-state index contributed by atoms with van der Waals surface area (Å²) in [4.78, 5) is -0.415. The van der Waals surface area contributed by atoms with Crippen LogP contribution in [0.25, 0.3) is 0 Å². The van der Waals surface area contributed by atoms with Crippen molar-refractivity contribution in [2.45, 2.75) is 4.90 Å². The summed E-state index contributed by atoms with van der Waals surface area (Å²) in [7, 11) is -4.36. The fourth-order valence-electron chi connectivity index (χ4n) is 1.56. The van der Waals surface area contributed by atoms with E-state index in [1.165, 1.54) is 12.1 Å². The lowest BCUT2D eigenvalue weighted by Crippen LogP contribution is -2.16. The molecule has 9 heteroatoms. The molecule has 2 aromatic rings. The summed E-state index contributed by atoms with van der Waals surface area (Å²) in [6, 6.07) is 4.22. The monoisotopic (exact) mass is 336 g/mol. The molecule has 0 aliphatic carbocycles. The van der Waals surface area contributed by atoms with Crippen molar-refractivity contribution in [2.24, 2.45) is 0 Å². The van der Waals surface area contributed by atoms with Crippen molar-refractivity contribution in [1.29, 1.82) is 0 Å². The van der Waals surface area contributed by atoms with Gasteiger partial charge in [-0.2, -0.15) is 0 Å². The van der Waals surface area contributed by atoms with Gasteiger partial charge in [0, 0.05) is 17.8 Å². The third kappa shape index (κ3) is 3.22. The van der Waals surface area contributed by atoms with E-state index in [1.807, 2.05) is 0 Å². The predicted octanol–water partition coefficient (Wildman–Crippen LogP) is 3.14. The van der Waals surface area contributed by atoms with Crippen LogP contribution in [0.2, 0.25) is 5.02 Å². The maximum atomic E-state index is 13.5. The molecular weight excluding hydrogens is 329 g/mol. The normalized spacial score (nSPS) is 11.4. The van der Waals surface area contributed by atoms with Gasteiger partial charge in [-0.15, -0.1) is 0 Å². The average molecular weight is 337 g/mol. The fourth-order valence-corrected chi connectivity index (χ4v) is 3.19. The topological polar surface area (TPSA) is 72.2 Å². The molecule has 0 amide bonds. The molecule has 2 rings (SSSR count). The van der Waals surface area contributed by atoms with E-state index in [0.29, 0.717) is 12.1 Å². The van der Waals surface area contributed by atoms with Gasteiger partial charge in [-0.05, 0) is 18.2 Å². The van der Waals surface area contributed by atoms with Gasteiger partial charge in [-0.1, -0.05) is 11.6 Å². The second-order valence-electron chi connectivity index (χ2n) is 4.04. The van der Waals surface area contributed by atoms with Crippen molar-refractivity contribution in [3.63, 3.8) is 0 Å². The molecule has 0 spiro atoms. The zero-order valence-corrected chi connectivity index (χ0v) is 11.8. The number of rotatable bonds is 3. The van der Waals surface area contributed by atoms with Gasteiger partial charge in [-0.3, -0.25) is 4.72 Å². The molecule has 0 radical (unpaired) electrons. The molecule has 0 saturated heterocycles. The number of nitrogen functional groups attached to an aromatic ring is 1. The van der Waals surface area contributed by atoms with Crippen LogP contribution in [0.15, 0.2) is 35.2 Å². The van der Waals surface area contributed by atoms with Crippen LogP contribution in [-0.4, -0.2) is 8.42 Å². The van der Waals surface area contributed by atoms with Gasteiger partial charge < -0.3 is 5.73 Å². The first-order chi connectivity index (χ1) is 9.70. The third-order valence-corrected chi connectivity index (χ3v) is 4.32. The van der Waals surface area contributed by atoms with Crippen molar-refractivity contribution in [2.75, 3.05) is 10.5 Å². The van der Waals surface area contributed by atoms with Crippen LogP contribution in [0.4, 0.5) is 24.5 Å². The van der Waals surface area contributed by atoms with Crippen LogP contribution in [0.1, 0.15) is 0 Å². The van der Waals surface area contributed by atoms with Crippen molar-refractivity contribution in [3.8, 4) is 0 Å². The second kappa shape index (κ2) is 5.45. The highest BCUT2D eigenvalue weighted by atomic mass is 35.5. The number of sulfonamides is 1. The molecule has 0 heterocycles. The number of hydrogen-bond acceptors (Lipinski definition) is 3. The molecule has 2 aromatic carbocycles. The SMILES string of the molecule is Nc1ccc(S(=O)(=O)Nc2c(F)cc(F)cc2F)c(Cl)c1. The van der Waals surface area contributed by atoms with Gasteiger partial charge in [0.15, 0.2) is 11.6 Å². The summed E-state index contributed by atoms with van der Waals surface area (Å²) in [6.07, 6.45) is 0. The summed E-state index contributed by atoms with van der Waals surface area (Å²) >= 11 is 5.74. The number of benzene rings is 2. The molecule has 0 aromatic heterocycles. The molecule has 0 saturated carbocycles. The minimum absolute atomic E-state index is 0.217. The first kappa shape index (κ1) is 15.5. The Morgan fingerprint density at radius 3 is 2.14 bits per heavy atom. The summed E-state index contributed by atoms with van der Waals surface area (Å²) < 4.78 is 65.5. The van der Waals surface area contributed by atoms with Crippen molar-refractivity contribution in [1.82, 2.24) is 0 Å². The first-order valence-electron chi connectivity index (χ1n) is 5.43. The quantitative estimate of drug-likeness (QED) is 0.846. The highest BCUT2D eigenvalue weighted by molar-refractivity contribution is 7.92. The Bertz CT molecular complexity index is 789. The highest BCUT2D eigenvalue weighted by Gasteiger charge is 2.22. The van der Waals surface area contributed by atoms with Gasteiger partial charge in [0.1, 0.15) is 16.4 Å². The smallest absolute Gasteiger partial charge is 0.263 e. The van der Waals surface area contributed by atoms with E-state index in [-0.39, 0.29) is 10.7 Å². The van der Waals surface area contributed by atoms with Crippen LogP contribution in [0.3, 0.4) is 0 Å². The Kier molecular flexibility index (Phi) is 4.02. The van der Waals surface area contributed by atoms with E-state index in [1.54, 1.807) is 4.72 Å². The Labute approximate surface area is 123 Å². The molecule has 0 aliphatic heterocycles. The summed E-state index contributed by atoms with van der Waals surface area (Å²) in [5, 5.41) is -0.217. The maximum absolute atomic E-state index is 13.5. The Hall–Kier alpha value is -1.93. The number of hydrogen-bond donors (Lipinski definition) is 2. The van der Waals surface area contributed by atoms with E-state index in [0.717, 1.165) is 6.07 Å². The third-order valence-electron chi connectivity index (χ3n) is 2.49. The second-order valence-corrected chi connectivity index (χ2v) is 6.10. The Balaban J connectivity index is 2.47. The van der Waals surface area contributed by atoms with Gasteiger partial charge in [0.2, 0.25) is 0 Å². The molecule has 0 fully saturated rings. The van der Waals surface area contributed by atoms with E-state index < -0.39 is 38.1 Å². The summed E-state index contributed by atoms with van der Waals surface area (Å²) in [5.74, 6) is -3.94. The minimum Gasteiger partial charge on any atom is -0.399 e. The Morgan fingerprint density at radius 1 is 1.05 bits per heavy atom. The van der Waals surface area contributed by atoms with E-state index in [4.69, 9.17) is 17.3 Å². The van der Waals surface area contributed by atoms with Crippen molar-refractivity contribution < 1.29 is 21.6 Å². The molecular formula is C12H8ClF3N2O2S. The highest BCUT2D eigenvalue weighted by Crippen LogP contribution is 2.28. The lowest BCUT2D eigenvalue weighted by molar-refractivity contribution is 0.547. The van der Waals surface area contributed by atoms with E-state index >= 15 is 0 Å². The number of anilines is 2. The fraction of sp³-hybridized carbons (Fsp3) is 0. The zero-order chi connectivity index (χ0) is 15.8. The minimum atomic E-state index is -4.36. The first-order valence-corrected chi connectivity index (χ1v) is 7.29. The van der Waals surface area contributed by atoms with Crippen LogP contribution in [0.5, 0.6) is 0 Å².